The van der Waals surface area contributed by atoms with Gasteiger partial charge in [-0.25, -0.2) is 9.78 Å². The molecule has 0 spiro atoms. The van der Waals surface area contributed by atoms with Crippen molar-refractivity contribution in [3.05, 3.63) is 52.3 Å². The van der Waals surface area contributed by atoms with Gasteiger partial charge in [0.2, 0.25) is 0 Å². The molecule has 0 aliphatic heterocycles. The minimum atomic E-state index is -0.973. The molecular weight excluding hydrogens is 278 g/mol. The lowest BCUT2D eigenvalue weighted by Crippen LogP contribution is -2.00. The lowest BCUT2D eigenvalue weighted by atomic mass is 10.1. The van der Waals surface area contributed by atoms with Gasteiger partial charge in [-0.3, -0.25) is 0 Å². The number of nitrogens with zero attached hydrogens (tertiary/aromatic N) is 3. The molecule has 5 heteroatoms. The van der Waals surface area contributed by atoms with E-state index in [1.807, 2.05) is 23.9 Å². The van der Waals surface area contributed by atoms with E-state index in [0.29, 0.717) is 12.4 Å². The summed E-state index contributed by atoms with van der Waals surface area (Å²) >= 11 is 0. The van der Waals surface area contributed by atoms with Gasteiger partial charge in [0.15, 0.2) is 0 Å². The molecule has 0 amide bonds. The zero-order valence-electron chi connectivity index (χ0n) is 12.9. The molecule has 114 valence electrons. The Morgan fingerprint density at radius 2 is 2.18 bits per heavy atom. The minimum absolute atomic E-state index is 0.182. The maximum atomic E-state index is 10.9. The van der Waals surface area contributed by atoms with E-state index in [2.05, 4.69) is 22.8 Å². The number of carbonyl (C=O) groups is 1. The summed E-state index contributed by atoms with van der Waals surface area (Å²) in [6, 6.07) is 6.33. The highest BCUT2D eigenvalue weighted by molar-refractivity contribution is 5.87. The minimum Gasteiger partial charge on any atom is -0.478 e. The molecule has 0 aliphatic rings. The van der Waals surface area contributed by atoms with Crippen molar-refractivity contribution in [2.75, 3.05) is 6.54 Å². The van der Waals surface area contributed by atoms with E-state index in [1.54, 1.807) is 12.1 Å². The molecule has 0 bridgehead atoms. The number of unbranched alkanes of at least 4 members (excludes halogenated alkanes) is 1. The van der Waals surface area contributed by atoms with E-state index >= 15 is 0 Å². The Balaban J connectivity index is 2.34. The molecule has 22 heavy (non-hydrogen) atoms. The highest BCUT2D eigenvalue weighted by Crippen LogP contribution is 2.17. The summed E-state index contributed by atoms with van der Waals surface area (Å²) in [5.41, 5.74) is 2.34. The molecule has 2 heterocycles. The molecule has 2 aromatic rings. The van der Waals surface area contributed by atoms with E-state index in [0.717, 1.165) is 24.8 Å². The number of aromatic carboxylic acids is 1. The van der Waals surface area contributed by atoms with E-state index in [1.165, 1.54) is 11.8 Å². The maximum Gasteiger partial charge on any atom is 0.337 e. The summed E-state index contributed by atoms with van der Waals surface area (Å²) in [6.45, 7) is 4.83. The third-order valence-corrected chi connectivity index (χ3v) is 3.33. The van der Waals surface area contributed by atoms with Gasteiger partial charge >= 0.3 is 12.0 Å². The van der Waals surface area contributed by atoms with Crippen LogP contribution < -0.4 is 0 Å². The first kappa shape index (κ1) is 15.8. The van der Waals surface area contributed by atoms with E-state index in [9.17, 15) is 4.79 Å². The van der Waals surface area contributed by atoms with Gasteiger partial charge in [0.25, 0.3) is 6.54 Å². The van der Waals surface area contributed by atoms with Crippen molar-refractivity contribution in [2.24, 2.45) is 0 Å². The van der Waals surface area contributed by atoms with Crippen molar-refractivity contribution < 1.29 is 9.90 Å². The smallest absolute Gasteiger partial charge is 0.337 e. The molecule has 0 atom stereocenters. The maximum absolute atomic E-state index is 10.9. The molecule has 1 N–H and O–H groups in total. The highest BCUT2D eigenvalue weighted by Gasteiger charge is 2.11. The fourth-order valence-corrected chi connectivity index (χ4v) is 2.13. The van der Waals surface area contributed by atoms with Gasteiger partial charge < -0.3 is 9.67 Å². The first-order valence-corrected chi connectivity index (χ1v) is 7.48. The summed E-state index contributed by atoms with van der Waals surface area (Å²) in [5.74, 6) is -0.286. The van der Waals surface area contributed by atoms with Crippen LogP contribution in [0.5, 0.6) is 0 Å². The monoisotopic (exact) mass is 298 g/mol. The molecule has 0 saturated heterocycles. The second-order valence-corrected chi connectivity index (χ2v) is 5.00. The highest BCUT2D eigenvalue weighted by atomic mass is 16.4. The number of aryl methyl sites for hydroxylation is 1. The molecular formula is C17H20N3O2+. The molecule has 2 aromatic heterocycles. The van der Waals surface area contributed by atoms with Crippen molar-refractivity contribution in [1.29, 1.82) is 0 Å². The van der Waals surface area contributed by atoms with Crippen LogP contribution in [0.15, 0.2) is 30.7 Å². The fraction of sp³-hybridized carbons (Fsp3) is 0.353. The molecule has 0 radical (unpaired) electrons. The van der Waals surface area contributed by atoms with Crippen LogP contribution in [-0.4, -0.2) is 27.2 Å². The summed E-state index contributed by atoms with van der Waals surface area (Å²) in [5, 5.41) is 8.92. The molecule has 0 fully saturated rings. The summed E-state index contributed by atoms with van der Waals surface area (Å²) < 4.78 is 1.89. The first-order chi connectivity index (χ1) is 10.7. The van der Waals surface area contributed by atoms with E-state index < -0.39 is 5.97 Å². The Kier molecular flexibility index (Phi) is 5.31. The second kappa shape index (κ2) is 7.41. The fourth-order valence-electron chi connectivity index (χ4n) is 2.13. The standard InChI is InChI=1S/C17H19N3O2/c1-3-5-6-14-11-20(12-15(14)9-18-4-2)16-8-7-13(10-19-16)17(21)22/h7-8,10-12H,3-6H2,1-2H3/p+1. The van der Waals surface area contributed by atoms with Crippen LogP contribution in [0, 0.1) is 6.07 Å². The van der Waals surface area contributed by atoms with Gasteiger partial charge in [-0.1, -0.05) is 18.2 Å². The molecule has 0 aliphatic carbocycles. The van der Waals surface area contributed by atoms with Crippen LogP contribution in [0.1, 0.15) is 48.2 Å². The van der Waals surface area contributed by atoms with Gasteiger partial charge in [-0.05, 0) is 30.5 Å². The summed E-state index contributed by atoms with van der Waals surface area (Å²) in [7, 11) is 0. The summed E-state index contributed by atoms with van der Waals surface area (Å²) in [6.07, 6.45) is 8.53. The van der Waals surface area contributed by atoms with Gasteiger partial charge in [0.1, 0.15) is 11.4 Å². The quantitative estimate of drug-likeness (QED) is 0.917. The molecule has 5 nitrogen and oxygen atoms in total. The van der Waals surface area contributed by atoms with Crippen molar-refractivity contribution >= 4 is 5.97 Å². The molecule has 0 aromatic carbocycles. The zero-order valence-corrected chi connectivity index (χ0v) is 12.9. The number of aromatic nitrogens is 2. The zero-order chi connectivity index (χ0) is 15.9. The van der Waals surface area contributed by atoms with Crippen molar-refractivity contribution in [3.8, 4) is 11.9 Å². The number of hydrogen-bond donors (Lipinski definition) is 1. The van der Waals surface area contributed by atoms with Crippen molar-refractivity contribution in [1.82, 2.24) is 9.55 Å². The predicted octanol–water partition coefficient (Wildman–Crippen LogP) is 3.61. The molecule has 0 saturated carbocycles. The Morgan fingerprint density at radius 1 is 1.36 bits per heavy atom. The predicted molar refractivity (Wildman–Crippen MR) is 86.0 cm³/mol. The average Bonchev–Trinajstić information content (AvgIpc) is 2.94. The molecule has 0 unspecified atom stereocenters. The van der Waals surface area contributed by atoms with Crippen LogP contribution in [0.2, 0.25) is 0 Å². The second-order valence-electron chi connectivity index (χ2n) is 5.00. The number of hydrogen-bond acceptors (Lipinski definition) is 2. The lowest BCUT2D eigenvalue weighted by molar-refractivity contribution is 0.0696. The van der Waals surface area contributed by atoms with Crippen LogP contribution in [0.4, 0.5) is 0 Å². The van der Waals surface area contributed by atoms with Gasteiger partial charge in [0.05, 0.1) is 5.56 Å². The number of carboxylic acid groups (broad SMARTS) is 1. The number of rotatable bonds is 5. The Bertz CT molecular complexity index is 706. The first-order valence-electron chi connectivity index (χ1n) is 7.48. The van der Waals surface area contributed by atoms with Crippen molar-refractivity contribution in [2.45, 2.75) is 33.1 Å². The van der Waals surface area contributed by atoms with Crippen LogP contribution in [-0.2, 0) is 6.42 Å². The number of pyridine rings is 1. The van der Waals surface area contributed by atoms with E-state index in [4.69, 9.17) is 5.11 Å². The Morgan fingerprint density at radius 3 is 2.77 bits per heavy atom. The SMILES string of the molecule is CCCCc1cn(-c2ccc(C(=O)O)cn2)cc1C#[N+]CC. The topological polar surface area (TPSA) is 59.5 Å². The molecule has 2 rings (SSSR count). The van der Waals surface area contributed by atoms with Gasteiger partial charge in [-0.15, -0.1) is 0 Å². The van der Waals surface area contributed by atoms with Crippen molar-refractivity contribution in [3.63, 3.8) is 0 Å². The van der Waals surface area contributed by atoms with Gasteiger partial charge in [-0.2, -0.15) is 0 Å². The third kappa shape index (κ3) is 3.73. The van der Waals surface area contributed by atoms with Crippen LogP contribution in [0.25, 0.3) is 10.7 Å². The van der Waals surface area contributed by atoms with Crippen LogP contribution in [0.3, 0.4) is 0 Å². The summed E-state index contributed by atoms with van der Waals surface area (Å²) in [4.78, 5) is 19.3. The lowest BCUT2D eigenvalue weighted by Gasteiger charge is -2.01. The number of carboxylic acids is 1. The average molecular weight is 298 g/mol. The van der Waals surface area contributed by atoms with Crippen LogP contribution >= 0.6 is 0 Å². The van der Waals surface area contributed by atoms with E-state index in [-0.39, 0.29) is 5.56 Å². The normalized spacial score (nSPS) is 10.1. The largest absolute Gasteiger partial charge is 0.478 e. The van der Waals surface area contributed by atoms with Gasteiger partial charge in [0, 0.05) is 25.5 Å². The third-order valence-electron chi connectivity index (χ3n) is 3.33. The Hall–Kier alpha value is -2.61. The Labute approximate surface area is 130 Å².